The van der Waals surface area contributed by atoms with Gasteiger partial charge in [0.1, 0.15) is 0 Å². The van der Waals surface area contributed by atoms with E-state index in [0.717, 1.165) is 6.20 Å². The Morgan fingerprint density at radius 2 is 2.33 bits per heavy atom. The molecule has 0 amide bonds. The van der Waals surface area contributed by atoms with Gasteiger partial charge in [-0.25, -0.2) is 8.78 Å². The molecule has 0 atom stereocenters. The van der Waals surface area contributed by atoms with Crippen molar-refractivity contribution in [3.63, 3.8) is 0 Å². The third-order valence-corrected chi connectivity index (χ3v) is 0.859. The summed E-state index contributed by atoms with van der Waals surface area (Å²) in [6.45, 7) is 0. The Morgan fingerprint density at radius 1 is 1.56 bits per heavy atom. The number of rotatable bonds is 1. The molecule has 3 heteroatoms. The van der Waals surface area contributed by atoms with Crippen molar-refractivity contribution in [3.05, 3.63) is 30.1 Å². The summed E-state index contributed by atoms with van der Waals surface area (Å²) in [4.78, 5) is 3.49. The highest BCUT2D eigenvalue weighted by Gasteiger charge is 2.04. The Labute approximate surface area is 51.3 Å². The summed E-state index contributed by atoms with van der Waals surface area (Å²) in [5, 5.41) is 0. The van der Waals surface area contributed by atoms with Crippen molar-refractivity contribution in [1.29, 1.82) is 0 Å². The van der Waals surface area contributed by atoms with Gasteiger partial charge >= 0.3 is 0 Å². The molecule has 0 saturated carbocycles. The van der Waals surface area contributed by atoms with Crippen LogP contribution >= 0.6 is 0 Å². The molecule has 0 spiro atoms. The maximum Gasteiger partial charge on any atom is 0.265 e. The second-order valence-corrected chi connectivity index (χ2v) is 1.49. The minimum atomic E-state index is -2.46. The molecule has 1 radical (unpaired) electrons. The number of hydrogen-bond acceptors (Lipinski definition) is 1. The lowest BCUT2D eigenvalue weighted by Gasteiger charge is -1.93. The highest BCUT2D eigenvalue weighted by atomic mass is 19.3. The normalized spacial score (nSPS) is 10.1. The van der Waals surface area contributed by atoms with Crippen LogP contribution in [0.2, 0.25) is 0 Å². The van der Waals surface area contributed by atoms with Crippen LogP contribution in [0.3, 0.4) is 0 Å². The van der Waals surface area contributed by atoms with Crippen LogP contribution in [0.5, 0.6) is 0 Å². The van der Waals surface area contributed by atoms with Crippen molar-refractivity contribution in [2.45, 2.75) is 6.43 Å². The summed E-state index contributed by atoms with van der Waals surface area (Å²) in [5.74, 6) is 0. The Morgan fingerprint density at radius 3 is 2.67 bits per heavy atom. The lowest BCUT2D eigenvalue weighted by molar-refractivity contribution is 0.150. The highest BCUT2D eigenvalue weighted by Crippen LogP contribution is 2.15. The van der Waals surface area contributed by atoms with Crippen LogP contribution in [0.4, 0.5) is 8.78 Å². The molecule has 1 heterocycles. The molecule has 0 saturated heterocycles. The third-order valence-electron chi connectivity index (χ3n) is 0.859. The molecule has 1 aromatic heterocycles. The quantitative estimate of drug-likeness (QED) is 0.562. The van der Waals surface area contributed by atoms with Gasteiger partial charge in [-0.15, -0.1) is 0 Å². The molecule has 0 bridgehead atoms. The first-order valence-corrected chi connectivity index (χ1v) is 2.40. The minimum Gasteiger partial charge on any atom is -0.264 e. The third kappa shape index (κ3) is 1.45. The molecule has 0 aliphatic carbocycles. The Hall–Kier alpha value is -0.990. The van der Waals surface area contributed by atoms with Crippen LogP contribution in [-0.4, -0.2) is 4.98 Å². The summed E-state index contributed by atoms with van der Waals surface area (Å²) in [6.07, 6.45) is 0.0509. The van der Waals surface area contributed by atoms with Crippen LogP contribution in [0.15, 0.2) is 18.5 Å². The van der Waals surface area contributed by atoms with Gasteiger partial charge in [0.2, 0.25) is 0 Å². The van der Waals surface area contributed by atoms with E-state index in [4.69, 9.17) is 0 Å². The minimum absolute atomic E-state index is 0.155. The predicted octanol–water partition coefficient (Wildman–Crippen LogP) is 1.82. The van der Waals surface area contributed by atoms with E-state index in [-0.39, 0.29) is 5.56 Å². The van der Waals surface area contributed by atoms with E-state index < -0.39 is 6.43 Å². The first kappa shape index (κ1) is 6.13. The summed E-state index contributed by atoms with van der Waals surface area (Å²) < 4.78 is 23.4. The van der Waals surface area contributed by atoms with Crippen LogP contribution in [0.1, 0.15) is 12.0 Å². The standard InChI is InChI=1S/C6H4F2N/c7-6(8)5-2-1-3-9-4-5/h1,3-4,6H. The number of pyridine rings is 1. The predicted molar refractivity (Wildman–Crippen MR) is 28.0 cm³/mol. The molecule has 0 aliphatic rings. The molecule has 1 nitrogen and oxygen atoms in total. The lowest BCUT2D eigenvalue weighted by Crippen LogP contribution is -1.83. The Balaban J connectivity index is 2.85. The number of aromatic nitrogens is 1. The van der Waals surface area contributed by atoms with E-state index in [1.165, 1.54) is 12.3 Å². The molecule has 0 aliphatic heterocycles. The molecule has 1 aromatic rings. The molecule has 0 aromatic carbocycles. The van der Waals surface area contributed by atoms with Gasteiger partial charge in [-0.3, -0.25) is 4.98 Å². The first-order valence-electron chi connectivity index (χ1n) is 2.40. The van der Waals surface area contributed by atoms with E-state index in [1.807, 2.05) is 0 Å². The van der Waals surface area contributed by atoms with Crippen molar-refractivity contribution >= 4 is 0 Å². The van der Waals surface area contributed by atoms with Gasteiger partial charge in [0.25, 0.3) is 6.43 Å². The van der Waals surface area contributed by atoms with E-state index >= 15 is 0 Å². The lowest BCUT2D eigenvalue weighted by atomic mass is 10.3. The van der Waals surface area contributed by atoms with Crippen molar-refractivity contribution in [2.75, 3.05) is 0 Å². The average molecular weight is 128 g/mol. The molecule has 0 fully saturated rings. The van der Waals surface area contributed by atoms with Crippen LogP contribution < -0.4 is 0 Å². The van der Waals surface area contributed by atoms with E-state index in [0.29, 0.717) is 0 Å². The Bertz CT molecular complexity index is 174. The van der Waals surface area contributed by atoms with Crippen molar-refractivity contribution in [1.82, 2.24) is 4.98 Å². The van der Waals surface area contributed by atoms with Crippen molar-refractivity contribution in [3.8, 4) is 0 Å². The fraction of sp³-hybridized carbons (Fsp3) is 0.167. The zero-order valence-electron chi connectivity index (χ0n) is 4.51. The van der Waals surface area contributed by atoms with Gasteiger partial charge in [0.15, 0.2) is 0 Å². The smallest absolute Gasteiger partial charge is 0.264 e. The van der Waals surface area contributed by atoms with Gasteiger partial charge < -0.3 is 0 Å². The molecule has 47 valence electrons. The van der Waals surface area contributed by atoms with Crippen molar-refractivity contribution in [2.24, 2.45) is 0 Å². The number of nitrogens with zero attached hydrogens (tertiary/aromatic N) is 1. The van der Waals surface area contributed by atoms with Crippen LogP contribution in [0.25, 0.3) is 0 Å². The fourth-order valence-electron chi connectivity index (χ4n) is 0.456. The zero-order valence-corrected chi connectivity index (χ0v) is 4.51. The fourth-order valence-corrected chi connectivity index (χ4v) is 0.456. The topological polar surface area (TPSA) is 12.9 Å². The maximum atomic E-state index is 11.7. The second-order valence-electron chi connectivity index (χ2n) is 1.49. The number of halogens is 2. The summed E-state index contributed by atoms with van der Waals surface area (Å²) in [6, 6.07) is 3.72. The average Bonchev–Trinajstić information content (AvgIpc) is 1.90. The molecule has 9 heavy (non-hydrogen) atoms. The molecular weight excluding hydrogens is 124 g/mol. The van der Waals surface area contributed by atoms with E-state index in [2.05, 4.69) is 11.1 Å². The maximum absolute atomic E-state index is 11.7. The molecular formula is C6H4F2N. The summed E-state index contributed by atoms with van der Waals surface area (Å²) >= 11 is 0. The van der Waals surface area contributed by atoms with Gasteiger partial charge in [0.05, 0.1) is 0 Å². The van der Waals surface area contributed by atoms with Gasteiger partial charge in [0, 0.05) is 18.0 Å². The summed E-state index contributed by atoms with van der Waals surface area (Å²) in [7, 11) is 0. The molecule has 0 unspecified atom stereocenters. The second kappa shape index (κ2) is 2.53. The highest BCUT2D eigenvalue weighted by molar-refractivity contribution is 5.07. The van der Waals surface area contributed by atoms with Gasteiger partial charge in [-0.1, -0.05) is 0 Å². The van der Waals surface area contributed by atoms with E-state index in [9.17, 15) is 8.78 Å². The van der Waals surface area contributed by atoms with Gasteiger partial charge in [-0.2, -0.15) is 0 Å². The first-order chi connectivity index (χ1) is 4.30. The Kier molecular flexibility index (Phi) is 1.72. The number of hydrogen-bond donors (Lipinski definition) is 0. The van der Waals surface area contributed by atoms with Crippen LogP contribution in [0, 0.1) is 6.07 Å². The zero-order chi connectivity index (χ0) is 6.69. The largest absolute Gasteiger partial charge is 0.265 e. The number of alkyl halides is 2. The molecule has 0 N–H and O–H groups in total. The van der Waals surface area contributed by atoms with E-state index in [1.54, 1.807) is 0 Å². The SMILES string of the molecule is FC(F)c1[c]ccnc1. The monoisotopic (exact) mass is 128 g/mol. The summed E-state index contributed by atoms with van der Waals surface area (Å²) in [5.41, 5.74) is -0.155. The van der Waals surface area contributed by atoms with Crippen LogP contribution in [-0.2, 0) is 0 Å². The molecule has 1 rings (SSSR count). The van der Waals surface area contributed by atoms with Gasteiger partial charge in [-0.05, 0) is 12.1 Å². The van der Waals surface area contributed by atoms with Crippen molar-refractivity contribution < 1.29 is 8.78 Å².